The van der Waals surface area contributed by atoms with Gasteiger partial charge in [0.05, 0.1) is 33.1 Å². The summed E-state index contributed by atoms with van der Waals surface area (Å²) in [6.07, 6.45) is 0. The second-order valence-corrected chi connectivity index (χ2v) is 29.9. The lowest BCUT2D eigenvalue weighted by atomic mass is 9.30. The second-order valence-electron chi connectivity index (χ2n) is 27.8. The summed E-state index contributed by atoms with van der Waals surface area (Å²) in [5.41, 5.74) is 27.8. The number of anilines is 15. The Labute approximate surface area is 623 Å². The number of nitrogens with zero attached hydrogens (tertiary/aromatic N) is 5. The fourth-order valence-electron chi connectivity index (χ4n) is 17.7. The minimum absolute atomic E-state index is 0.228. The quantitative estimate of drug-likeness (QED) is 0.120. The average Bonchev–Trinajstić information content (AvgIpc) is 0.744. The van der Waals surface area contributed by atoms with Gasteiger partial charge >= 0.3 is 0 Å². The normalized spacial score (nSPS) is 12.9. The van der Waals surface area contributed by atoms with Crippen molar-refractivity contribution in [3.8, 4) is 33.8 Å². The molecule has 6 nitrogen and oxygen atoms in total. The monoisotopic (exact) mass is 1390 g/mol. The lowest BCUT2D eigenvalue weighted by Crippen LogP contribution is -2.64. The van der Waals surface area contributed by atoms with Crippen LogP contribution in [0, 0.1) is 0 Å². The first kappa shape index (κ1) is 60.5. The first-order valence-electron chi connectivity index (χ1n) is 36.3. The zero-order valence-electron chi connectivity index (χ0n) is 57.3. The van der Waals surface area contributed by atoms with Gasteiger partial charge in [0.2, 0.25) is 0 Å². The molecular formula is C96H61B2N5OS2. The van der Waals surface area contributed by atoms with Crippen LogP contribution in [0.3, 0.4) is 0 Å². The summed E-state index contributed by atoms with van der Waals surface area (Å²) in [4.78, 5) is 12.8. The van der Waals surface area contributed by atoms with Crippen LogP contribution < -0.4 is 62.0 Å². The molecule has 4 aliphatic heterocycles. The standard InChI is InChI=1S/C96H61B2N5OS2/c1-7-30-62(31-8-1)70-44-27-45-71(63-32-9-2-10-33-63)95(70)100(66-38-15-5-16-39-66)69-58-86-94-88(59-69)104-87-52-24-22-48-76(87)98(94)78-60-77-83(61-82(78)102(86)80-50-29-55-91-92(80)74-43-20-26-54-90(74)105-91)103(81-51-28-46-73-72-42-19-25-53-89(72)106-96(73)81)85-57-68(99(64-34-11-3-12-35-64)65-36-13-4-14-37-65)56-84-93(85)97(77)75-47-21-23-49-79(75)101(84)67-40-17-6-18-41-67/h1-61H. The molecule has 0 saturated carbocycles. The number of fused-ring (bicyclic) bond motifs is 14. The van der Waals surface area contributed by atoms with E-state index in [0.717, 1.165) is 130 Å². The predicted octanol–water partition coefficient (Wildman–Crippen LogP) is 23.2. The van der Waals surface area contributed by atoms with Crippen LogP contribution in [0.5, 0.6) is 11.5 Å². The van der Waals surface area contributed by atoms with E-state index in [9.17, 15) is 0 Å². The molecule has 6 heterocycles. The van der Waals surface area contributed by atoms with Crippen molar-refractivity contribution in [2.45, 2.75) is 0 Å². The van der Waals surface area contributed by atoms with Crippen LogP contribution >= 0.6 is 22.7 Å². The highest BCUT2D eigenvalue weighted by molar-refractivity contribution is 7.26. The van der Waals surface area contributed by atoms with Crippen molar-refractivity contribution in [2.75, 3.05) is 24.5 Å². The predicted molar refractivity (Wildman–Crippen MR) is 452 cm³/mol. The molecule has 0 unspecified atom stereocenters. The Morgan fingerprint density at radius 2 is 0.726 bits per heavy atom. The van der Waals surface area contributed by atoms with E-state index in [4.69, 9.17) is 4.74 Å². The van der Waals surface area contributed by atoms with E-state index in [-0.39, 0.29) is 13.4 Å². The van der Waals surface area contributed by atoms with Gasteiger partial charge in [-0.1, -0.05) is 249 Å². The fourth-order valence-corrected chi connectivity index (χ4v) is 20.0. The fraction of sp³-hybridized carbons (Fsp3) is 0. The molecule has 0 spiro atoms. The first-order chi connectivity index (χ1) is 52.6. The van der Waals surface area contributed by atoms with Crippen molar-refractivity contribution in [1.82, 2.24) is 0 Å². The van der Waals surface area contributed by atoms with Gasteiger partial charge in [-0.05, 0) is 159 Å². The molecule has 0 bridgehead atoms. The van der Waals surface area contributed by atoms with Crippen molar-refractivity contribution in [3.05, 3.63) is 370 Å². The minimum atomic E-state index is -0.270. The molecular weight excluding hydrogens is 1320 g/mol. The van der Waals surface area contributed by atoms with Crippen LogP contribution in [0.25, 0.3) is 62.6 Å². The number of benzene rings is 16. The van der Waals surface area contributed by atoms with Gasteiger partial charge < -0.3 is 29.2 Å². The molecule has 0 radical (unpaired) electrons. The lowest BCUT2D eigenvalue weighted by molar-refractivity contribution is 0.487. The summed E-state index contributed by atoms with van der Waals surface area (Å²) in [6.45, 7) is -0.498. The molecule has 4 aliphatic rings. The Morgan fingerprint density at radius 3 is 1.40 bits per heavy atom. The summed E-state index contributed by atoms with van der Waals surface area (Å²) in [6, 6.07) is 137. The molecule has 494 valence electrons. The van der Waals surface area contributed by atoms with E-state index < -0.39 is 0 Å². The first-order valence-corrected chi connectivity index (χ1v) is 37.9. The van der Waals surface area contributed by atoms with E-state index in [1.165, 1.54) is 62.2 Å². The summed E-state index contributed by atoms with van der Waals surface area (Å²) in [5.74, 6) is 1.65. The lowest BCUT2D eigenvalue weighted by Gasteiger charge is -2.47. The summed E-state index contributed by atoms with van der Waals surface area (Å²) >= 11 is 3.74. The van der Waals surface area contributed by atoms with Crippen molar-refractivity contribution in [3.63, 3.8) is 0 Å². The third-order valence-electron chi connectivity index (χ3n) is 22.0. The number of ether oxygens (including phenoxy) is 1. The van der Waals surface area contributed by atoms with Gasteiger partial charge in [-0.3, -0.25) is 0 Å². The van der Waals surface area contributed by atoms with Gasteiger partial charge in [-0.25, -0.2) is 0 Å². The smallest absolute Gasteiger partial charge is 0.256 e. The molecule has 0 aliphatic carbocycles. The average molecular weight is 1390 g/mol. The highest BCUT2D eigenvalue weighted by atomic mass is 32.1. The Hall–Kier alpha value is -13.1. The Kier molecular flexibility index (Phi) is 13.8. The van der Waals surface area contributed by atoms with Crippen LogP contribution in [0.1, 0.15) is 0 Å². The van der Waals surface area contributed by atoms with Gasteiger partial charge in [-0.15, -0.1) is 22.7 Å². The molecule has 10 heteroatoms. The topological polar surface area (TPSA) is 25.4 Å². The number of thiophene rings is 2. The van der Waals surface area contributed by atoms with Gasteiger partial charge in [0.1, 0.15) is 11.5 Å². The molecule has 22 rings (SSSR count). The summed E-state index contributed by atoms with van der Waals surface area (Å²) < 4.78 is 12.6. The zero-order valence-corrected chi connectivity index (χ0v) is 59.0. The molecule has 2 aromatic heterocycles. The highest BCUT2D eigenvalue weighted by Gasteiger charge is 2.49. The molecule has 106 heavy (non-hydrogen) atoms. The van der Waals surface area contributed by atoms with Gasteiger partial charge in [0, 0.05) is 110 Å². The van der Waals surface area contributed by atoms with Crippen molar-refractivity contribution in [1.29, 1.82) is 0 Å². The molecule has 18 aromatic rings. The van der Waals surface area contributed by atoms with Crippen molar-refractivity contribution >= 4 is 195 Å². The third kappa shape index (κ3) is 9.31. The largest absolute Gasteiger partial charge is 0.458 e. The maximum atomic E-state index is 7.65. The Morgan fingerprint density at radius 1 is 0.264 bits per heavy atom. The number of hydrogen-bond donors (Lipinski definition) is 0. The van der Waals surface area contributed by atoms with Crippen LogP contribution in [0.4, 0.5) is 85.3 Å². The molecule has 0 atom stereocenters. The van der Waals surface area contributed by atoms with Crippen LogP contribution in [0.2, 0.25) is 0 Å². The highest BCUT2D eigenvalue weighted by Crippen LogP contribution is 2.56. The number of rotatable bonds is 11. The summed E-state index contributed by atoms with van der Waals surface area (Å²) in [7, 11) is 0. The minimum Gasteiger partial charge on any atom is -0.458 e. The second kappa shape index (κ2) is 24.3. The number of para-hydroxylation sites is 7. The van der Waals surface area contributed by atoms with E-state index in [1.54, 1.807) is 0 Å². The Balaban J connectivity index is 0.888. The van der Waals surface area contributed by atoms with E-state index >= 15 is 0 Å². The van der Waals surface area contributed by atoms with E-state index in [2.05, 4.69) is 395 Å². The van der Waals surface area contributed by atoms with Gasteiger partial charge in [0.25, 0.3) is 13.4 Å². The van der Waals surface area contributed by atoms with Crippen molar-refractivity contribution in [2.24, 2.45) is 0 Å². The maximum Gasteiger partial charge on any atom is 0.256 e. The molecule has 0 saturated heterocycles. The molecule has 0 N–H and O–H groups in total. The molecule has 16 aromatic carbocycles. The van der Waals surface area contributed by atoms with Crippen LogP contribution in [-0.4, -0.2) is 13.4 Å². The van der Waals surface area contributed by atoms with Crippen molar-refractivity contribution < 1.29 is 4.74 Å². The van der Waals surface area contributed by atoms with E-state index in [1.807, 2.05) is 22.7 Å². The summed E-state index contributed by atoms with van der Waals surface area (Å²) in [5, 5.41) is 4.91. The van der Waals surface area contributed by atoms with Crippen LogP contribution in [0.15, 0.2) is 370 Å². The Bertz CT molecular complexity index is 6460. The SMILES string of the molecule is c1ccc(-c2cccc(-c3ccccc3)c2N(c2ccccc2)c2cc3c4c(c2)N(c2cccc5sc6ccccc6c25)c2cc5c(cc2B4c2ccccc2O3)B2c3ccccc3N(c3ccccc3)c3cc(N(c4ccccc4)c4ccccc4)cc(c32)N5c2cccc3c2sc2ccccc23)cc1. The van der Waals surface area contributed by atoms with Crippen LogP contribution in [-0.2, 0) is 0 Å². The zero-order chi connectivity index (χ0) is 69.5. The van der Waals surface area contributed by atoms with Gasteiger partial charge in [0.15, 0.2) is 0 Å². The molecule has 0 fully saturated rings. The van der Waals surface area contributed by atoms with E-state index in [0.29, 0.717) is 0 Å². The number of hydrogen-bond acceptors (Lipinski definition) is 8. The maximum absolute atomic E-state index is 7.65. The third-order valence-corrected chi connectivity index (χ3v) is 24.3. The molecule has 0 amide bonds. The van der Waals surface area contributed by atoms with Gasteiger partial charge in [-0.2, -0.15) is 0 Å².